The number of hydrogen-bond donors (Lipinski definition) is 4. The summed E-state index contributed by atoms with van der Waals surface area (Å²) in [5.74, 6) is 0.410. The third kappa shape index (κ3) is 2.59. The molecule has 1 fully saturated rings. The molecule has 7 nitrogen and oxygen atoms in total. The minimum atomic E-state index is -0.409. The second-order valence-corrected chi connectivity index (χ2v) is 4.84. The van der Waals surface area contributed by atoms with E-state index in [4.69, 9.17) is 4.42 Å². The number of carbonyl (C=O) groups excluding carboxylic acids is 1. The van der Waals surface area contributed by atoms with Crippen LogP contribution in [0.2, 0.25) is 0 Å². The highest BCUT2D eigenvalue weighted by Gasteiger charge is 2.25. The lowest BCUT2D eigenvalue weighted by Gasteiger charge is -2.13. The van der Waals surface area contributed by atoms with Crippen molar-refractivity contribution in [1.82, 2.24) is 20.8 Å². The van der Waals surface area contributed by atoms with Crippen LogP contribution in [0.4, 0.5) is 0 Å². The summed E-state index contributed by atoms with van der Waals surface area (Å²) in [6.07, 6.45) is 1.15. The number of nitrogens with zero attached hydrogens (tertiary/aromatic N) is 1. The number of rotatable bonds is 4. The molecule has 0 spiro atoms. The molecule has 0 radical (unpaired) electrons. The van der Waals surface area contributed by atoms with Gasteiger partial charge in [0.1, 0.15) is 5.69 Å². The average molecular weight is 276 g/mol. The number of furan rings is 1. The molecule has 106 valence electrons. The van der Waals surface area contributed by atoms with Crippen molar-refractivity contribution in [3.63, 3.8) is 0 Å². The highest BCUT2D eigenvalue weighted by molar-refractivity contribution is 5.93. The Morgan fingerprint density at radius 1 is 1.55 bits per heavy atom. The molecule has 20 heavy (non-hydrogen) atoms. The molecule has 2 unspecified atom stereocenters. The molecule has 3 rings (SSSR count). The molecule has 1 aliphatic rings. The third-order valence-electron chi connectivity index (χ3n) is 3.43. The number of hydrogen-bond acceptors (Lipinski definition) is 5. The predicted molar refractivity (Wildman–Crippen MR) is 71.0 cm³/mol. The van der Waals surface area contributed by atoms with E-state index in [1.807, 2.05) is 0 Å². The van der Waals surface area contributed by atoms with E-state index in [1.54, 1.807) is 24.5 Å². The number of aliphatic hydroxyl groups excluding tert-OH is 1. The molecule has 0 aliphatic carbocycles. The fourth-order valence-corrected chi connectivity index (χ4v) is 2.24. The fourth-order valence-electron chi connectivity index (χ4n) is 2.24. The van der Waals surface area contributed by atoms with E-state index < -0.39 is 6.10 Å². The van der Waals surface area contributed by atoms with Gasteiger partial charge in [0.15, 0.2) is 11.5 Å². The number of H-pyrrole nitrogens is 1. The van der Waals surface area contributed by atoms with Crippen LogP contribution < -0.4 is 10.6 Å². The maximum absolute atomic E-state index is 12.0. The van der Waals surface area contributed by atoms with Crippen LogP contribution in [0.5, 0.6) is 0 Å². The van der Waals surface area contributed by atoms with E-state index in [0.717, 1.165) is 0 Å². The highest BCUT2D eigenvalue weighted by Crippen LogP contribution is 2.17. The first-order chi connectivity index (χ1) is 9.74. The quantitative estimate of drug-likeness (QED) is 0.628. The number of aromatic nitrogens is 2. The van der Waals surface area contributed by atoms with E-state index in [2.05, 4.69) is 20.8 Å². The number of β-amino-alcohol motifs (C(OH)–C–C–N with tert-alkyl or cyclic N) is 1. The van der Waals surface area contributed by atoms with Gasteiger partial charge in [-0.15, -0.1) is 0 Å². The van der Waals surface area contributed by atoms with Crippen molar-refractivity contribution in [2.24, 2.45) is 5.92 Å². The van der Waals surface area contributed by atoms with Crippen LogP contribution in [0.3, 0.4) is 0 Å². The second kappa shape index (κ2) is 5.48. The van der Waals surface area contributed by atoms with Gasteiger partial charge in [-0.1, -0.05) is 0 Å². The Kier molecular flexibility index (Phi) is 3.53. The summed E-state index contributed by atoms with van der Waals surface area (Å²) in [5.41, 5.74) is 0.958. The van der Waals surface area contributed by atoms with Gasteiger partial charge in [0, 0.05) is 31.6 Å². The lowest BCUT2D eigenvalue weighted by molar-refractivity contribution is 0.0922. The van der Waals surface area contributed by atoms with Crippen molar-refractivity contribution in [2.45, 2.75) is 6.10 Å². The van der Waals surface area contributed by atoms with Gasteiger partial charge < -0.3 is 20.2 Å². The largest absolute Gasteiger partial charge is 0.463 e. The van der Waals surface area contributed by atoms with E-state index in [1.165, 1.54) is 0 Å². The van der Waals surface area contributed by atoms with Crippen molar-refractivity contribution >= 4 is 5.91 Å². The van der Waals surface area contributed by atoms with Gasteiger partial charge >= 0.3 is 0 Å². The second-order valence-electron chi connectivity index (χ2n) is 4.84. The Bertz CT molecular complexity index is 578. The molecule has 3 heterocycles. The third-order valence-corrected chi connectivity index (χ3v) is 3.43. The van der Waals surface area contributed by atoms with Crippen LogP contribution in [-0.2, 0) is 0 Å². The molecular formula is C13H16N4O3. The molecule has 4 N–H and O–H groups in total. The van der Waals surface area contributed by atoms with Crippen molar-refractivity contribution in [3.8, 4) is 11.5 Å². The first-order valence-electron chi connectivity index (χ1n) is 6.50. The number of carbonyl (C=O) groups is 1. The molecule has 0 aromatic carbocycles. The highest BCUT2D eigenvalue weighted by atomic mass is 16.3. The summed E-state index contributed by atoms with van der Waals surface area (Å²) in [4.78, 5) is 12.0. The van der Waals surface area contributed by atoms with Gasteiger partial charge in [0.2, 0.25) is 0 Å². The Labute approximate surface area is 115 Å². The van der Waals surface area contributed by atoms with Crippen LogP contribution in [0.15, 0.2) is 28.9 Å². The minimum Gasteiger partial charge on any atom is -0.463 e. The molecule has 2 aromatic heterocycles. The average Bonchev–Trinajstić information content (AvgIpc) is 3.17. The first kappa shape index (κ1) is 12.9. The Morgan fingerprint density at radius 2 is 2.45 bits per heavy atom. The molecule has 0 saturated carbocycles. The predicted octanol–water partition coefficient (Wildman–Crippen LogP) is -0.0202. The maximum Gasteiger partial charge on any atom is 0.271 e. The molecule has 0 bridgehead atoms. The van der Waals surface area contributed by atoms with E-state index >= 15 is 0 Å². The zero-order chi connectivity index (χ0) is 13.9. The topological polar surface area (TPSA) is 103 Å². The van der Waals surface area contributed by atoms with Crippen molar-refractivity contribution in [3.05, 3.63) is 30.2 Å². The van der Waals surface area contributed by atoms with E-state index in [9.17, 15) is 9.90 Å². The summed E-state index contributed by atoms with van der Waals surface area (Å²) < 4.78 is 5.22. The Morgan fingerprint density at radius 3 is 3.15 bits per heavy atom. The smallest absolute Gasteiger partial charge is 0.271 e. The molecule has 1 amide bonds. The lowest BCUT2D eigenvalue weighted by Crippen LogP contribution is -2.34. The zero-order valence-corrected chi connectivity index (χ0v) is 10.8. The Balaban J connectivity index is 1.60. The van der Waals surface area contributed by atoms with Gasteiger partial charge in [0.25, 0.3) is 5.91 Å². The number of aromatic amines is 1. The summed E-state index contributed by atoms with van der Waals surface area (Å²) in [6, 6.07) is 5.19. The van der Waals surface area contributed by atoms with Gasteiger partial charge in [0.05, 0.1) is 12.4 Å². The minimum absolute atomic E-state index is 0.0439. The monoisotopic (exact) mass is 276 g/mol. The zero-order valence-electron chi connectivity index (χ0n) is 10.8. The van der Waals surface area contributed by atoms with Crippen LogP contribution in [0.25, 0.3) is 11.5 Å². The molecule has 2 aromatic rings. The van der Waals surface area contributed by atoms with Crippen molar-refractivity contribution in [2.75, 3.05) is 19.6 Å². The van der Waals surface area contributed by atoms with Crippen molar-refractivity contribution < 1.29 is 14.3 Å². The number of aliphatic hydroxyl groups is 1. The molecule has 1 aliphatic heterocycles. The van der Waals surface area contributed by atoms with Crippen LogP contribution in [-0.4, -0.2) is 46.9 Å². The summed E-state index contributed by atoms with van der Waals surface area (Å²) in [5, 5.41) is 22.2. The summed E-state index contributed by atoms with van der Waals surface area (Å²) in [7, 11) is 0. The summed E-state index contributed by atoms with van der Waals surface area (Å²) in [6.45, 7) is 1.71. The Hall–Kier alpha value is -2.12. The first-order valence-corrected chi connectivity index (χ1v) is 6.50. The number of nitrogens with one attached hydrogen (secondary N) is 3. The van der Waals surface area contributed by atoms with Crippen LogP contribution in [0.1, 0.15) is 10.5 Å². The maximum atomic E-state index is 12.0. The SMILES string of the molecule is O=C(NCC1CNCC1O)c1cc(-c2ccco2)[nH]n1. The fraction of sp³-hybridized carbons (Fsp3) is 0.385. The van der Waals surface area contributed by atoms with Crippen LogP contribution in [0, 0.1) is 5.92 Å². The lowest BCUT2D eigenvalue weighted by atomic mass is 10.1. The normalized spacial score (nSPS) is 22.1. The molecule has 2 atom stereocenters. The molecular weight excluding hydrogens is 260 g/mol. The van der Waals surface area contributed by atoms with Gasteiger partial charge in [-0.25, -0.2) is 0 Å². The van der Waals surface area contributed by atoms with Crippen LogP contribution >= 0.6 is 0 Å². The summed E-state index contributed by atoms with van der Waals surface area (Å²) >= 11 is 0. The standard InChI is InChI=1S/C13H16N4O3/c18-11-7-14-5-8(11)6-15-13(19)10-4-9(16-17-10)12-2-1-3-20-12/h1-4,8,11,14,18H,5-7H2,(H,15,19)(H,16,17). The molecule has 1 saturated heterocycles. The van der Waals surface area contributed by atoms with Gasteiger partial charge in [-0.2, -0.15) is 5.10 Å². The van der Waals surface area contributed by atoms with Gasteiger partial charge in [-0.05, 0) is 12.1 Å². The van der Waals surface area contributed by atoms with E-state index in [0.29, 0.717) is 36.8 Å². The van der Waals surface area contributed by atoms with Crippen molar-refractivity contribution in [1.29, 1.82) is 0 Å². The number of amides is 1. The van der Waals surface area contributed by atoms with Gasteiger partial charge in [-0.3, -0.25) is 9.89 Å². The molecule has 7 heteroatoms. The van der Waals surface area contributed by atoms with E-state index in [-0.39, 0.29) is 11.8 Å².